The fraction of sp³-hybridized carbons (Fsp3) is 0.0833. The van der Waals surface area contributed by atoms with Crippen LogP contribution >= 0.6 is 24.2 Å². The maximum absolute atomic E-state index is 7.19. The lowest BCUT2D eigenvalue weighted by atomic mass is 10.1. The van der Waals surface area contributed by atoms with E-state index in [0.29, 0.717) is 0 Å². The van der Waals surface area contributed by atoms with Crippen LogP contribution in [0.15, 0.2) is 42.5 Å². The highest BCUT2D eigenvalue weighted by Gasteiger charge is 2.00. The Morgan fingerprint density at radius 1 is 1.12 bits per heavy atom. The SMILES string of the molecule is Cl.N=C(N)SCc1cccc2ccccc12. The highest BCUT2D eigenvalue weighted by Crippen LogP contribution is 2.22. The Morgan fingerprint density at radius 2 is 1.81 bits per heavy atom. The summed E-state index contributed by atoms with van der Waals surface area (Å²) < 4.78 is 0. The molecule has 0 amide bonds. The van der Waals surface area contributed by atoms with E-state index in [2.05, 4.69) is 24.3 Å². The molecule has 2 aromatic carbocycles. The van der Waals surface area contributed by atoms with E-state index in [-0.39, 0.29) is 17.6 Å². The van der Waals surface area contributed by atoms with Crippen molar-refractivity contribution >= 4 is 40.1 Å². The van der Waals surface area contributed by atoms with Crippen LogP contribution < -0.4 is 5.73 Å². The normalized spacial score (nSPS) is 9.75. The molecule has 2 aromatic rings. The van der Waals surface area contributed by atoms with Crippen molar-refractivity contribution in [3.8, 4) is 0 Å². The number of nitrogens with two attached hydrogens (primary N) is 1. The first-order chi connectivity index (χ1) is 7.27. The van der Waals surface area contributed by atoms with E-state index in [1.807, 2.05) is 18.2 Å². The predicted molar refractivity (Wildman–Crippen MR) is 74.4 cm³/mol. The Morgan fingerprint density at radius 3 is 2.56 bits per heavy atom. The third-order valence-electron chi connectivity index (χ3n) is 2.26. The van der Waals surface area contributed by atoms with Gasteiger partial charge in [-0.2, -0.15) is 0 Å². The van der Waals surface area contributed by atoms with Crippen molar-refractivity contribution in [2.24, 2.45) is 5.73 Å². The van der Waals surface area contributed by atoms with Crippen molar-refractivity contribution in [1.29, 1.82) is 5.41 Å². The molecule has 0 heterocycles. The van der Waals surface area contributed by atoms with Gasteiger partial charge in [0.2, 0.25) is 0 Å². The minimum Gasteiger partial charge on any atom is -0.379 e. The zero-order valence-electron chi connectivity index (χ0n) is 8.64. The average Bonchev–Trinajstić information content (AvgIpc) is 2.26. The highest BCUT2D eigenvalue weighted by molar-refractivity contribution is 8.13. The Balaban J connectivity index is 0.00000128. The summed E-state index contributed by atoms with van der Waals surface area (Å²) in [5, 5.41) is 9.84. The number of rotatable bonds is 2. The Hall–Kier alpha value is -1.19. The Labute approximate surface area is 105 Å². The fourth-order valence-electron chi connectivity index (χ4n) is 1.57. The third kappa shape index (κ3) is 2.90. The second-order valence-electron chi connectivity index (χ2n) is 3.29. The number of fused-ring (bicyclic) bond motifs is 1. The molecule has 0 fully saturated rings. The summed E-state index contributed by atoms with van der Waals surface area (Å²) >= 11 is 1.36. The van der Waals surface area contributed by atoms with Gasteiger partial charge in [0.05, 0.1) is 0 Å². The zero-order chi connectivity index (χ0) is 10.7. The number of hydrogen-bond acceptors (Lipinski definition) is 2. The second-order valence-corrected chi connectivity index (χ2v) is 4.31. The lowest BCUT2D eigenvalue weighted by Crippen LogP contribution is -2.03. The van der Waals surface area contributed by atoms with Gasteiger partial charge in [-0.25, -0.2) is 0 Å². The molecule has 84 valence electrons. The lowest BCUT2D eigenvalue weighted by molar-refractivity contribution is 1.46. The maximum atomic E-state index is 7.19. The van der Waals surface area contributed by atoms with Crippen molar-refractivity contribution in [1.82, 2.24) is 0 Å². The van der Waals surface area contributed by atoms with E-state index in [0.717, 1.165) is 5.75 Å². The van der Waals surface area contributed by atoms with Gasteiger partial charge in [0, 0.05) is 5.75 Å². The molecule has 0 saturated heterocycles. The van der Waals surface area contributed by atoms with Crippen LogP contribution in [0.25, 0.3) is 10.8 Å². The molecule has 2 rings (SSSR count). The van der Waals surface area contributed by atoms with Crippen molar-refractivity contribution in [2.75, 3.05) is 0 Å². The molecular formula is C12H13ClN2S. The summed E-state index contributed by atoms with van der Waals surface area (Å²) in [6, 6.07) is 14.5. The molecule has 2 nitrogen and oxygen atoms in total. The molecular weight excluding hydrogens is 240 g/mol. The monoisotopic (exact) mass is 252 g/mol. The molecule has 0 atom stereocenters. The van der Waals surface area contributed by atoms with Crippen LogP contribution in [0.2, 0.25) is 0 Å². The van der Waals surface area contributed by atoms with Crippen LogP contribution in [-0.2, 0) is 5.75 Å². The van der Waals surface area contributed by atoms with Crippen molar-refractivity contribution < 1.29 is 0 Å². The summed E-state index contributed by atoms with van der Waals surface area (Å²) in [5.41, 5.74) is 6.56. The van der Waals surface area contributed by atoms with E-state index in [1.54, 1.807) is 0 Å². The lowest BCUT2D eigenvalue weighted by Gasteiger charge is -2.05. The summed E-state index contributed by atoms with van der Waals surface area (Å²) in [6.07, 6.45) is 0. The van der Waals surface area contributed by atoms with Gasteiger partial charge < -0.3 is 5.73 Å². The minimum absolute atomic E-state index is 0. The maximum Gasteiger partial charge on any atom is 0.151 e. The quantitative estimate of drug-likeness (QED) is 0.636. The van der Waals surface area contributed by atoms with Gasteiger partial charge in [-0.15, -0.1) is 12.4 Å². The largest absolute Gasteiger partial charge is 0.379 e. The van der Waals surface area contributed by atoms with E-state index in [9.17, 15) is 0 Å². The first-order valence-electron chi connectivity index (χ1n) is 4.71. The topological polar surface area (TPSA) is 49.9 Å². The van der Waals surface area contributed by atoms with E-state index < -0.39 is 0 Å². The smallest absolute Gasteiger partial charge is 0.151 e. The molecule has 3 N–H and O–H groups in total. The molecule has 0 saturated carbocycles. The molecule has 0 aliphatic heterocycles. The molecule has 4 heteroatoms. The molecule has 16 heavy (non-hydrogen) atoms. The number of nitrogens with one attached hydrogen (secondary N) is 1. The molecule has 0 aliphatic rings. The van der Waals surface area contributed by atoms with Gasteiger partial charge in [0.1, 0.15) is 0 Å². The summed E-state index contributed by atoms with van der Waals surface area (Å²) in [4.78, 5) is 0. The molecule has 0 bridgehead atoms. The molecule has 0 unspecified atom stereocenters. The molecule has 0 radical (unpaired) electrons. The van der Waals surface area contributed by atoms with E-state index >= 15 is 0 Å². The summed E-state index contributed by atoms with van der Waals surface area (Å²) in [5.74, 6) is 0.761. The van der Waals surface area contributed by atoms with Crippen LogP contribution in [0.4, 0.5) is 0 Å². The second kappa shape index (κ2) is 5.77. The Kier molecular flexibility index (Phi) is 4.65. The van der Waals surface area contributed by atoms with Crippen LogP contribution in [-0.4, -0.2) is 5.17 Å². The minimum atomic E-state index is 0. The van der Waals surface area contributed by atoms with Gasteiger partial charge in [-0.1, -0.05) is 54.2 Å². The van der Waals surface area contributed by atoms with Crippen molar-refractivity contribution in [3.63, 3.8) is 0 Å². The molecule has 0 spiro atoms. The number of benzene rings is 2. The summed E-state index contributed by atoms with van der Waals surface area (Å²) in [7, 11) is 0. The van der Waals surface area contributed by atoms with E-state index in [1.165, 1.54) is 28.1 Å². The first-order valence-corrected chi connectivity index (χ1v) is 5.69. The van der Waals surface area contributed by atoms with Gasteiger partial charge in [-0.05, 0) is 16.3 Å². The molecule has 0 aliphatic carbocycles. The third-order valence-corrected chi connectivity index (χ3v) is 3.03. The number of thioether (sulfide) groups is 1. The number of hydrogen-bond donors (Lipinski definition) is 2. The van der Waals surface area contributed by atoms with Gasteiger partial charge in [0.25, 0.3) is 0 Å². The Bertz CT molecular complexity index is 494. The number of halogens is 1. The van der Waals surface area contributed by atoms with Crippen LogP contribution in [0.1, 0.15) is 5.56 Å². The van der Waals surface area contributed by atoms with E-state index in [4.69, 9.17) is 11.1 Å². The zero-order valence-corrected chi connectivity index (χ0v) is 10.3. The van der Waals surface area contributed by atoms with Crippen molar-refractivity contribution in [3.05, 3.63) is 48.0 Å². The molecule has 0 aromatic heterocycles. The van der Waals surface area contributed by atoms with Crippen molar-refractivity contribution in [2.45, 2.75) is 5.75 Å². The predicted octanol–water partition coefficient (Wildman–Crippen LogP) is 3.39. The van der Waals surface area contributed by atoms with Gasteiger partial charge in [-0.3, -0.25) is 5.41 Å². The van der Waals surface area contributed by atoms with Crippen LogP contribution in [0.3, 0.4) is 0 Å². The van der Waals surface area contributed by atoms with Crippen LogP contribution in [0, 0.1) is 5.41 Å². The standard InChI is InChI=1S/C12H12N2S.ClH/c13-12(14)15-8-10-6-3-5-9-4-1-2-7-11(9)10;/h1-7H,8H2,(H3,13,14);1H. The average molecular weight is 253 g/mol. The highest BCUT2D eigenvalue weighted by atomic mass is 35.5. The number of amidine groups is 1. The summed E-state index contributed by atoms with van der Waals surface area (Å²) in [6.45, 7) is 0. The van der Waals surface area contributed by atoms with Crippen LogP contribution in [0.5, 0.6) is 0 Å². The fourth-order valence-corrected chi connectivity index (χ4v) is 2.14. The van der Waals surface area contributed by atoms with Gasteiger partial charge in [0.15, 0.2) is 5.17 Å². The van der Waals surface area contributed by atoms with Gasteiger partial charge >= 0.3 is 0 Å². The first kappa shape index (κ1) is 12.9.